The molecule has 4 N–H and O–H groups in total. The smallest absolute Gasteiger partial charge is 0.239 e. The Balaban J connectivity index is 1.87. The fourth-order valence-electron chi connectivity index (χ4n) is 2.66. The van der Waals surface area contributed by atoms with Crippen LogP contribution >= 0.6 is 0 Å². The number of amides is 1. The summed E-state index contributed by atoms with van der Waals surface area (Å²) in [5.74, 6) is 0.573. The van der Waals surface area contributed by atoms with Crippen molar-refractivity contribution in [1.82, 2.24) is 4.90 Å². The molecule has 1 aliphatic heterocycles. The van der Waals surface area contributed by atoms with Crippen molar-refractivity contribution in [3.05, 3.63) is 29.8 Å². The Morgan fingerprint density at radius 1 is 1.40 bits per heavy atom. The lowest BCUT2D eigenvalue weighted by atomic mass is 10.0. The van der Waals surface area contributed by atoms with Crippen LogP contribution in [0.2, 0.25) is 0 Å². The van der Waals surface area contributed by atoms with Crippen LogP contribution in [0.4, 0.5) is 0 Å². The number of aliphatic hydroxyl groups excluding tert-OH is 1. The molecule has 5 nitrogen and oxygen atoms in total. The van der Waals surface area contributed by atoms with E-state index in [1.807, 2.05) is 0 Å². The third-order valence-corrected chi connectivity index (χ3v) is 3.84. The number of likely N-dealkylation sites (tertiary alicyclic amines) is 1. The molecule has 1 saturated heterocycles. The van der Waals surface area contributed by atoms with Gasteiger partial charge in [0.15, 0.2) is 0 Å². The molecule has 1 aromatic carbocycles. The number of phenolic OH excluding ortho intramolecular Hbond substituents is 1. The zero-order valence-electron chi connectivity index (χ0n) is 11.5. The van der Waals surface area contributed by atoms with E-state index in [9.17, 15) is 9.90 Å². The fraction of sp³-hybridized carbons (Fsp3) is 0.533. The Morgan fingerprint density at radius 2 is 2.10 bits per heavy atom. The highest BCUT2D eigenvalue weighted by Crippen LogP contribution is 2.20. The SMILES string of the molecule is NC(Cc1ccc(O)cc1)C(=O)N1CCC(CCO)C1. The van der Waals surface area contributed by atoms with E-state index in [4.69, 9.17) is 10.8 Å². The van der Waals surface area contributed by atoms with Crippen LogP contribution in [-0.4, -0.2) is 46.8 Å². The van der Waals surface area contributed by atoms with Crippen molar-refractivity contribution in [2.75, 3.05) is 19.7 Å². The average Bonchev–Trinajstić information content (AvgIpc) is 2.89. The monoisotopic (exact) mass is 278 g/mol. The van der Waals surface area contributed by atoms with Gasteiger partial charge in [0.05, 0.1) is 6.04 Å². The van der Waals surface area contributed by atoms with E-state index >= 15 is 0 Å². The van der Waals surface area contributed by atoms with Crippen molar-refractivity contribution in [1.29, 1.82) is 0 Å². The molecule has 1 amide bonds. The lowest BCUT2D eigenvalue weighted by Crippen LogP contribution is -2.43. The molecule has 1 aliphatic rings. The van der Waals surface area contributed by atoms with Gasteiger partial charge in [-0.2, -0.15) is 0 Å². The molecule has 1 aromatic rings. The van der Waals surface area contributed by atoms with Gasteiger partial charge in [-0.3, -0.25) is 4.79 Å². The van der Waals surface area contributed by atoms with Crippen molar-refractivity contribution in [2.45, 2.75) is 25.3 Å². The molecular weight excluding hydrogens is 256 g/mol. The van der Waals surface area contributed by atoms with Gasteiger partial charge in [-0.1, -0.05) is 12.1 Å². The maximum Gasteiger partial charge on any atom is 0.239 e. The number of hydrogen-bond donors (Lipinski definition) is 3. The molecule has 2 unspecified atom stereocenters. The fourth-order valence-corrected chi connectivity index (χ4v) is 2.66. The highest BCUT2D eigenvalue weighted by Gasteiger charge is 2.28. The maximum absolute atomic E-state index is 12.3. The quantitative estimate of drug-likeness (QED) is 0.731. The van der Waals surface area contributed by atoms with Gasteiger partial charge < -0.3 is 20.8 Å². The Hall–Kier alpha value is -1.59. The first-order valence-corrected chi connectivity index (χ1v) is 7.03. The van der Waals surface area contributed by atoms with Crippen molar-refractivity contribution < 1.29 is 15.0 Å². The molecule has 0 bridgehead atoms. The zero-order chi connectivity index (χ0) is 14.5. The number of nitrogens with two attached hydrogens (primary N) is 1. The largest absolute Gasteiger partial charge is 0.508 e. The van der Waals surface area contributed by atoms with Gasteiger partial charge in [-0.25, -0.2) is 0 Å². The number of aliphatic hydroxyl groups is 1. The summed E-state index contributed by atoms with van der Waals surface area (Å²) < 4.78 is 0. The van der Waals surface area contributed by atoms with Crippen LogP contribution in [-0.2, 0) is 11.2 Å². The van der Waals surface area contributed by atoms with E-state index in [-0.39, 0.29) is 18.3 Å². The summed E-state index contributed by atoms with van der Waals surface area (Å²) in [5.41, 5.74) is 6.92. The third-order valence-electron chi connectivity index (χ3n) is 3.84. The average molecular weight is 278 g/mol. The molecule has 0 aliphatic carbocycles. The molecular formula is C15H22N2O3. The second kappa shape index (κ2) is 6.72. The first kappa shape index (κ1) is 14.8. The summed E-state index contributed by atoms with van der Waals surface area (Å²) in [6.07, 6.45) is 2.16. The summed E-state index contributed by atoms with van der Waals surface area (Å²) in [6, 6.07) is 6.20. The van der Waals surface area contributed by atoms with E-state index in [1.165, 1.54) is 0 Å². The van der Waals surface area contributed by atoms with Crippen molar-refractivity contribution in [3.63, 3.8) is 0 Å². The first-order valence-electron chi connectivity index (χ1n) is 7.03. The number of aromatic hydroxyl groups is 1. The van der Waals surface area contributed by atoms with Gasteiger partial charge in [0.1, 0.15) is 5.75 Å². The predicted octanol–water partition coefficient (Wildman–Crippen LogP) is 0.493. The Morgan fingerprint density at radius 3 is 2.75 bits per heavy atom. The number of carbonyl (C=O) groups excluding carboxylic acids is 1. The molecule has 2 atom stereocenters. The zero-order valence-corrected chi connectivity index (χ0v) is 11.5. The Bertz CT molecular complexity index is 447. The minimum Gasteiger partial charge on any atom is -0.508 e. The summed E-state index contributed by atoms with van der Waals surface area (Å²) in [4.78, 5) is 14.1. The second-order valence-corrected chi connectivity index (χ2v) is 5.43. The lowest BCUT2D eigenvalue weighted by Gasteiger charge is -2.21. The predicted molar refractivity (Wildman–Crippen MR) is 76.2 cm³/mol. The topological polar surface area (TPSA) is 86.8 Å². The van der Waals surface area contributed by atoms with E-state index in [0.29, 0.717) is 18.9 Å². The van der Waals surface area contributed by atoms with Crippen LogP contribution in [0.1, 0.15) is 18.4 Å². The van der Waals surface area contributed by atoms with Crippen LogP contribution in [0.15, 0.2) is 24.3 Å². The lowest BCUT2D eigenvalue weighted by molar-refractivity contribution is -0.131. The van der Waals surface area contributed by atoms with Gasteiger partial charge in [-0.15, -0.1) is 0 Å². The van der Waals surface area contributed by atoms with Gasteiger partial charge in [0.2, 0.25) is 5.91 Å². The van der Waals surface area contributed by atoms with Crippen LogP contribution in [0.25, 0.3) is 0 Å². The van der Waals surface area contributed by atoms with Crippen LogP contribution < -0.4 is 5.73 Å². The van der Waals surface area contributed by atoms with E-state index < -0.39 is 6.04 Å². The van der Waals surface area contributed by atoms with Crippen molar-refractivity contribution in [3.8, 4) is 5.75 Å². The number of nitrogens with zero attached hydrogens (tertiary/aromatic N) is 1. The maximum atomic E-state index is 12.3. The summed E-state index contributed by atoms with van der Waals surface area (Å²) in [5, 5.41) is 18.2. The number of carbonyl (C=O) groups is 1. The first-order chi connectivity index (χ1) is 9.60. The molecule has 2 rings (SSSR count). The molecule has 110 valence electrons. The van der Waals surface area contributed by atoms with Gasteiger partial charge in [0.25, 0.3) is 0 Å². The van der Waals surface area contributed by atoms with Crippen molar-refractivity contribution >= 4 is 5.91 Å². The summed E-state index contributed by atoms with van der Waals surface area (Å²) in [7, 11) is 0. The minimum atomic E-state index is -0.549. The minimum absolute atomic E-state index is 0.0292. The molecule has 0 saturated carbocycles. The Labute approximate surface area is 119 Å². The highest BCUT2D eigenvalue weighted by atomic mass is 16.3. The second-order valence-electron chi connectivity index (χ2n) is 5.43. The number of rotatable bonds is 5. The van der Waals surface area contributed by atoms with Gasteiger partial charge >= 0.3 is 0 Å². The van der Waals surface area contributed by atoms with Gasteiger partial charge in [-0.05, 0) is 42.9 Å². The Kier molecular flexibility index (Phi) is 4.98. The number of benzene rings is 1. The van der Waals surface area contributed by atoms with E-state index in [2.05, 4.69) is 0 Å². The molecule has 0 aromatic heterocycles. The normalized spacial score (nSPS) is 20.1. The van der Waals surface area contributed by atoms with Crippen molar-refractivity contribution in [2.24, 2.45) is 11.7 Å². The standard InChI is InChI=1S/C15H22N2O3/c16-14(9-11-1-3-13(19)4-2-11)15(20)17-7-5-12(10-17)6-8-18/h1-4,12,14,18-19H,5-10,16H2. The molecule has 20 heavy (non-hydrogen) atoms. The summed E-state index contributed by atoms with van der Waals surface area (Å²) >= 11 is 0. The molecule has 1 heterocycles. The highest BCUT2D eigenvalue weighted by molar-refractivity contribution is 5.82. The van der Waals surface area contributed by atoms with E-state index in [0.717, 1.165) is 24.9 Å². The molecule has 1 fully saturated rings. The molecule has 0 radical (unpaired) electrons. The summed E-state index contributed by atoms with van der Waals surface area (Å²) in [6.45, 7) is 1.60. The van der Waals surface area contributed by atoms with Gasteiger partial charge in [0, 0.05) is 19.7 Å². The van der Waals surface area contributed by atoms with Crippen LogP contribution in [0, 0.1) is 5.92 Å². The molecule has 0 spiro atoms. The molecule has 5 heteroatoms. The van der Waals surface area contributed by atoms with Crippen LogP contribution in [0.3, 0.4) is 0 Å². The third kappa shape index (κ3) is 3.71. The number of hydrogen-bond acceptors (Lipinski definition) is 4. The number of phenols is 1. The van der Waals surface area contributed by atoms with E-state index in [1.54, 1.807) is 29.2 Å². The van der Waals surface area contributed by atoms with Crippen LogP contribution in [0.5, 0.6) is 5.75 Å².